The number of allylic oxidation sites excluding steroid dienone is 1. The Morgan fingerprint density at radius 1 is 1.07 bits per heavy atom. The van der Waals surface area contributed by atoms with Crippen molar-refractivity contribution in [1.82, 2.24) is 4.57 Å². The largest absolute Gasteiger partial charge is 0.324 e. The first-order chi connectivity index (χ1) is 21.6. The number of aryl methyl sites for hydroxylation is 3. The lowest BCUT2D eigenvalue weighted by molar-refractivity contribution is 0.0978. The summed E-state index contributed by atoms with van der Waals surface area (Å²) in [4.78, 5) is 26.9. The number of aromatic nitrogens is 1. The van der Waals surface area contributed by atoms with Gasteiger partial charge in [0.15, 0.2) is 5.78 Å². The Morgan fingerprint density at radius 2 is 1.82 bits per heavy atom. The molecule has 2 aliphatic rings. The van der Waals surface area contributed by atoms with Crippen molar-refractivity contribution in [3.05, 3.63) is 81.3 Å². The van der Waals surface area contributed by atoms with Crippen LogP contribution in [-0.4, -0.2) is 16.6 Å². The minimum Gasteiger partial charge on any atom is -0.324 e. The monoisotopic (exact) mass is 613 g/mol. The van der Waals surface area contributed by atoms with Crippen LogP contribution in [0.4, 0.5) is 0 Å². The molecule has 246 valence electrons. The van der Waals surface area contributed by atoms with Gasteiger partial charge in [0.1, 0.15) is 0 Å². The standard InChI is InChI=1S/C40H59N3O2/c1-29(2)12-7-6-8-14-35-25-37(39(45)43(28-35)23-21-33-19-20-33)38(44)18-10-16-34-15-9-17-36(24-34)40(26-30(3)27-40)32(5)31(4)13-11-22-42-41/h9,15,17,22,24-25,28-31,33H,5-8,10-14,16,18-21,23,26-27,41H2,1-4H3/b42-22-. The van der Waals surface area contributed by atoms with Gasteiger partial charge in [0, 0.05) is 30.8 Å². The quantitative estimate of drug-likeness (QED) is 0.0404. The molecule has 1 aromatic carbocycles. The van der Waals surface area contributed by atoms with E-state index >= 15 is 0 Å². The van der Waals surface area contributed by atoms with Gasteiger partial charge in [-0.3, -0.25) is 9.59 Å². The number of carbonyl (C=O) groups excluding carboxylic acids is 1. The summed E-state index contributed by atoms with van der Waals surface area (Å²) >= 11 is 0. The fourth-order valence-electron chi connectivity index (χ4n) is 7.46. The van der Waals surface area contributed by atoms with Crippen molar-refractivity contribution >= 4 is 12.0 Å². The van der Waals surface area contributed by atoms with Crippen molar-refractivity contribution in [3.63, 3.8) is 0 Å². The van der Waals surface area contributed by atoms with Gasteiger partial charge in [-0.05, 0) is 104 Å². The maximum atomic E-state index is 13.5. The highest BCUT2D eigenvalue weighted by molar-refractivity contribution is 5.95. The molecule has 2 aliphatic carbocycles. The first kappa shape index (κ1) is 34.9. The minimum absolute atomic E-state index is 0.00880. The summed E-state index contributed by atoms with van der Waals surface area (Å²) in [6.07, 6.45) is 19.2. The molecule has 4 rings (SSSR count). The predicted molar refractivity (Wildman–Crippen MR) is 189 cm³/mol. The highest BCUT2D eigenvalue weighted by atomic mass is 16.1. The van der Waals surface area contributed by atoms with Crippen LogP contribution in [0.25, 0.3) is 0 Å². The van der Waals surface area contributed by atoms with E-state index in [-0.39, 0.29) is 16.8 Å². The molecule has 2 N–H and O–H groups in total. The van der Waals surface area contributed by atoms with E-state index in [0.29, 0.717) is 23.8 Å². The Kier molecular flexibility index (Phi) is 12.9. The first-order valence-electron chi connectivity index (χ1n) is 17.9. The molecule has 1 aromatic heterocycles. The molecule has 1 unspecified atom stereocenters. The summed E-state index contributed by atoms with van der Waals surface area (Å²) in [6, 6.07) is 10.9. The molecule has 1 heterocycles. The van der Waals surface area contributed by atoms with Crippen molar-refractivity contribution < 1.29 is 4.79 Å². The van der Waals surface area contributed by atoms with E-state index in [1.165, 1.54) is 48.8 Å². The lowest BCUT2D eigenvalue weighted by Gasteiger charge is -2.50. The molecule has 0 bridgehead atoms. The second-order valence-corrected chi connectivity index (χ2v) is 14.9. The van der Waals surface area contributed by atoms with Crippen LogP contribution in [0, 0.1) is 23.7 Å². The molecule has 2 aromatic rings. The topological polar surface area (TPSA) is 77.4 Å². The van der Waals surface area contributed by atoms with E-state index in [1.807, 2.05) is 16.8 Å². The van der Waals surface area contributed by atoms with Crippen LogP contribution in [0.3, 0.4) is 0 Å². The predicted octanol–water partition coefficient (Wildman–Crippen LogP) is 9.20. The fraction of sp³-hybridized carbons (Fsp3) is 0.625. The molecule has 0 spiro atoms. The van der Waals surface area contributed by atoms with Gasteiger partial charge < -0.3 is 10.4 Å². The SMILES string of the molecule is C=C(C(C)CC/C=N\N)C1(c2cccc(CCCC(=O)c3cc(CCCCCC(C)C)cn(CCC4CC4)c3=O)c2)CC(C)C1. The molecular weight excluding hydrogens is 554 g/mol. The van der Waals surface area contributed by atoms with Gasteiger partial charge in [-0.25, -0.2) is 0 Å². The van der Waals surface area contributed by atoms with Gasteiger partial charge in [-0.15, -0.1) is 0 Å². The van der Waals surface area contributed by atoms with Crippen LogP contribution in [0.2, 0.25) is 0 Å². The number of pyridine rings is 1. The Hall–Kier alpha value is -2.95. The summed E-state index contributed by atoms with van der Waals surface area (Å²) in [7, 11) is 0. The maximum absolute atomic E-state index is 13.5. The third-order valence-corrected chi connectivity index (χ3v) is 10.5. The minimum atomic E-state index is -0.0994. The fourth-order valence-corrected chi connectivity index (χ4v) is 7.46. The Labute approximate surface area is 272 Å². The normalized spacial score (nSPS) is 20.4. The van der Waals surface area contributed by atoms with E-state index in [9.17, 15) is 9.59 Å². The van der Waals surface area contributed by atoms with Crippen LogP contribution in [0.15, 0.2) is 58.6 Å². The van der Waals surface area contributed by atoms with Crippen molar-refractivity contribution in [2.45, 2.75) is 136 Å². The van der Waals surface area contributed by atoms with Gasteiger partial charge in [0.2, 0.25) is 0 Å². The molecule has 5 nitrogen and oxygen atoms in total. The number of carbonyl (C=O) groups is 1. The highest BCUT2D eigenvalue weighted by Crippen LogP contribution is 2.54. The van der Waals surface area contributed by atoms with Crippen molar-refractivity contribution in [2.75, 3.05) is 0 Å². The Bertz CT molecular complexity index is 1360. The number of nitrogens with zero attached hydrogens (tertiary/aromatic N) is 2. The summed E-state index contributed by atoms with van der Waals surface area (Å²) in [5.41, 5.74) is 5.38. The Balaban J connectivity index is 1.40. The number of hydrazone groups is 1. The van der Waals surface area contributed by atoms with E-state index in [0.717, 1.165) is 81.7 Å². The van der Waals surface area contributed by atoms with Gasteiger partial charge in [-0.2, -0.15) is 5.10 Å². The maximum Gasteiger partial charge on any atom is 0.261 e. The van der Waals surface area contributed by atoms with E-state index in [4.69, 9.17) is 5.84 Å². The van der Waals surface area contributed by atoms with Crippen LogP contribution < -0.4 is 11.4 Å². The van der Waals surface area contributed by atoms with Gasteiger partial charge in [0.25, 0.3) is 5.56 Å². The summed E-state index contributed by atoms with van der Waals surface area (Å²) in [5, 5.41) is 3.66. The first-order valence-corrected chi connectivity index (χ1v) is 17.9. The number of rotatable bonds is 20. The zero-order valence-corrected chi connectivity index (χ0v) is 28.7. The van der Waals surface area contributed by atoms with Crippen molar-refractivity contribution in [3.8, 4) is 0 Å². The van der Waals surface area contributed by atoms with Crippen LogP contribution in [-0.2, 0) is 24.8 Å². The summed E-state index contributed by atoms with van der Waals surface area (Å²) in [6.45, 7) is 14.5. The average Bonchev–Trinajstić information content (AvgIpc) is 3.83. The van der Waals surface area contributed by atoms with E-state index < -0.39 is 0 Å². The number of nitrogens with two attached hydrogens (primary N) is 1. The molecule has 5 heteroatoms. The van der Waals surface area contributed by atoms with Gasteiger partial charge in [0.05, 0.1) is 5.56 Å². The average molecular weight is 614 g/mol. The van der Waals surface area contributed by atoms with E-state index in [1.54, 1.807) is 6.21 Å². The van der Waals surface area contributed by atoms with Crippen molar-refractivity contribution in [2.24, 2.45) is 34.6 Å². The molecule has 0 aliphatic heterocycles. The zero-order valence-electron chi connectivity index (χ0n) is 28.7. The third kappa shape index (κ3) is 9.77. The van der Waals surface area contributed by atoms with E-state index in [2.05, 4.69) is 63.6 Å². The molecule has 0 amide bonds. The number of benzene rings is 1. The summed E-state index contributed by atoms with van der Waals surface area (Å²) < 4.78 is 1.84. The molecular formula is C40H59N3O2. The van der Waals surface area contributed by atoms with Gasteiger partial charge in [-0.1, -0.05) is 96.2 Å². The van der Waals surface area contributed by atoms with Crippen LogP contribution in [0.1, 0.15) is 138 Å². The number of hydrogen-bond donors (Lipinski definition) is 1. The number of unbranched alkanes of at least 4 members (excludes halogenated alkanes) is 2. The van der Waals surface area contributed by atoms with Crippen molar-refractivity contribution in [1.29, 1.82) is 0 Å². The second kappa shape index (κ2) is 16.6. The van der Waals surface area contributed by atoms with Crippen LogP contribution in [0.5, 0.6) is 0 Å². The number of hydrogen-bond acceptors (Lipinski definition) is 4. The highest BCUT2D eigenvalue weighted by Gasteiger charge is 2.46. The molecule has 2 fully saturated rings. The molecule has 1 atom stereocenters. The van der Waals surface area contributed by atoms with Gasteiger partial charge >= 0.3 is 0 Å². The number of ketones is 1. The van der Waals surface area contributed by atoms with Crippen LogP contribution >= 0.6 is 0 Å². The molecule has 0 saturated heterocycles. The smallest absolute Gasteiger partial charge is 0.261 e. The Morgan fingerprint density at radius 3 is 2.51 bits per heavy atom. The second-order valence-electron chi connectivity index (χ2n) is 14.9. The molecule has 0 radical (unpaired) electrons. The molecule has 45 heavy (non-hydrogen) atoms. The lowest BCUT2D eigenvalue weighted by atomic mass is 9.54. The zero-order chi connectivity index (χ0) is 32.4. The summed E-state index contributed by atoms with van der Waals surface area (Å²) in [5.74, 6) is 7.87. The lowest BCUT2D eigenvalue weighted by Crippen LogP contribution is -2.43. The molecule has 2 saturated carbocycles. The third-order valence-electron chi connectivity index (χ3n) is 10.5. The number of Topliss-reactive ketones (excluding diaryl/α,β-unsaturated/α-hetero) is 1.